The van der Waals surface area contributed by atoms with Crippen LogP contribution in [0.15, 0.2) is 30.3 Å². The van der Waals surface area contributed by atoms with Gasteiger partial charge in [0.2, 0.25) is 0 Å². The molecule has 0 bridgehead atoms. The van der Waals surface area contributed by atoms with E-state index in [1.165, 1.54) is 12.1 Å². The monoisotopic (exact) mass is 281 g/mol. The van der Waals surface area contributed by atoms with Crippen LogP contribution in [-0.4, -0.2) is 22.3 Å². The standard InChI is InChI=1S/C15H14F3NO/c1-10-4-3-5-14(19(10)11(2)20)12-6-8-13(9-7-12)15(16,17)18/h5-11,20H,1-2H3. The van der Waals surface area contributed by atoms with Gasteiger partial charge in [0.05, 0.1) is 17.3 Å². The molecule has 2 nitrogen and oxygen atoms in total. The molecule has 20 heavy (non-hydrogen) atoms. The van der Waals surface area contributed by atoms with Crippen LogP contribution in [0.1, 0.15) is 25.0 Å². The minimum Gasteiger partial charge on any atom is -0.374 e. The fourth-order valence-electron chi connectivity index (χ4n) is 2.17. The van der Waals surface area contributed by atoms with Crippen LogP contribution in [0.25, 0.3) is 5.70 Å². The zero-order valence-electron chi connectivity index (χ0n) is 11.1. The second kappa shape index (κ2) is 5.22. The van der Waals surface area contributed by atoms with E-state index in [-0.39, 0.29) is 6.04 Å². The Morgan fingerprint density at radius 3 is 2.35 bits per heavy atom. The molecule has 1 aliphatic rings. The van der Waals surface area contributed by atoms with Gasteiger partial charge >= 0.3 is 6.18 Å². The number of rotatable bonds is 2. The molecule has 1 aliphatic heterocycles. The minimum absolute atomic E-state index is 0.197. The molecule has 2 atom stereocenters. The van der Waals surface area contributed by atoms with Crippen molar-refractivity contribution in [1.29, 1.82) is 0 Å². The van der Waals surface area contributed by atoms with Crippen molar-refractivity contribution < 1.29 is 18.3 Å². The lowest BCUT2D eigenvalue weighted by molar-refractivity contribution is -0.137. The van der Waals surface area contributed by atoms with Crippen LogP contribution >= 0.6 is 0 Å². The Morgan fingerprint density at radius 2 is 1.85 bits per heavy atom. The second-order valence-electron chi connectivity index (χ2n) is 4.61. The highest BCUT2D eigenvalue weighted by Gasteiger charge is 2.30. The number of hydrogen-bond donors (Lipinski definition) is 1. The van der Waals surface area contributed by atoms with Crippen LogP contribution in [-0.2, 0) is 6.18 Å². The van der Waals surface area contributed by atoms with Gasteiger partial charge < -0.3 is 10.0 Å². The number of hydrogen-bond acceptors (Lipinski definition) is 2. The van der Waals surface area contributed by atoms with Gasteiger partial charge in [0, 0.05) is 6.08 Å². The van der Waals surface area contributed by atoms with Gasteiger partial charge in [-0.1, -0.05) is 24.0 Å². The number of alkyl halides is 3. The third kappa shape index (κ3) is 2.81. The van der Waals surface area contributed by atoms with Crippen molar-refractivity contribution in [3.05, 3.63) is 41.5 Å². The summed E-state index contributed by atoms with van der Waals surface area (Å²) in [6.45, 7) is 3.43. The molecule has 106 valence electrons. The number of benzene rings is 1. The topological polar surface area (TPSA) is 23.5 Å². The van der Waals surface area contributed by atoms with Crippen LogP contribution in [0.2, 0.25) is 0 Å². The first-order valence-corrected chi connectivity index (χ1v) is 6.16. The lowest BCUT2D eigenvalue weighted by Crippen LogP contribution is -2.39. The summed E-state index contributed by atoms with van der Waals surface area (Å²) >= 11 is 0. The Morgan fingerprint density at radius 1 is 1.25 bits per heavy atom. The fourth-order valence-corrected chi connectivity index (χ4v) is 2.17. The van der Waals surface area contributed by atoms with Gasteiger partial charge in [0.15, 0.2) is 0 Å². The lowest BCUT2D eigenvalue weighted by atomic mass is 10.0. The maximum absolute atomic E-state index is 12.5. The highest BCUT2D eigenvalue weighted by molar-refractivity contribution is 5.69. The van der Waals surface area contributed by atoms with E-state index in [0.717, 1.165) is 12.1 Å². The smallest absolute Gasteiger partial charge is 0.374 e. The Labute approximate surface area is 115 Å². The lowest BCUT2D eigenvalue weighted by Gasteiger charge is -2.34. The Hall–Kier alpha value is -1.93. The van der Waals surface area contributed by atoms with E-state index < -0.39 is 18.0 Å². The van der Waals surface area contributed by atoms with Crippen molar-refractivity contribution in [1.82, 2.24) is 4.90 Å². The largest absolute Gasteiger partial charge is 0.416 e. The zero-order chi connectivity index (χ0) is 14.9. The van der Waals surface area contributed by atoms with Crippen LogP contribution in [0.3, 0.4) is 0 Å². The van der Waals surface area contributed by atoms with Crippen LogP contribution in [0.5, 0.6) is 0 Å². The third-order valence-corrected chi connectivity index (χ3v) is 3.11. The summed E-state index contributed by atoms with van der Waals surface area (Å²) in [4.78, 5) is 1.67. The summed E-state index contributed by atoms with van der Waals surface area (Å²) in [7, 11) is 0. The van der Waals surface area contributed by atoms with Crippen molar-refractivity contribution in [2.45, 2.75) is 32.3 Å². The van der Waals surface area contributed by atoms with E-state index in [1.54, 1.807) is 17.9 Å². The summed E-state index contributed by atoms with van der Waals surface area (Å²) in [5.74, 6) is 5.73. The molecule has 2 rings (SSSR count). The number of nitrogens with zero attached hydrogens (tertiary/aromatic N) is 1. The maximum Gasteiger partial charge on any atom is 0.416 e. The first-order chi connectivity index (χ1) is 9.30. The molecule has 0 aliphatic carbocycles. The molecule has 0 spiro atoms. The average molecular weight is 281 g/mol. The van der Waals surface area contributed by atoms with Crippen molar-refractivity contribution in [2.75, 3.05) is 0 Å². The molecule has 1 N–H and O–H groups in total. The molecule has 0 radical (unpaired) electrons. The van der Waals surface area contributed by atoms with E-state index in [1.807, 2.05) is 6.92 Å². The first-order valence-electron chi connectivity index (χ1n) is 6.16. The second-order valence-corrected chi connectivity index (χ2v) is 4.61. The first kappa shape index (κ1) is 14.5. The third-order valence-electron chi connectivity index (χ3n) is 3.11. The quantitative estimate of drug-likeness (QED) is 0.842. The van der Waals surface area contributed by atoms with Gasteiger partial charge in [-0.15, -0.1) is 0 Å². The molecule has 0 saturated heterocycles. The van der Waals surface area contributed by atoms with Gasteiger partial charge in [-0.05, 0) is 31.5 Å². The molecule has 0 amide bonds. The van der Waals surface area contributed by atoms with Crippen LogP contribution < -0.4 is 0 Å². The maximum atomic E-state index is 12.5. The summed E-state index contributed by atoms with van der Waals surface area (Å²) in [6.07, 6.45) is -3.51. The number of aliphatic hydroxyl groups is 1. The van der Waals surface area contributed by atoms with E-state index in [9.17, 15) is 18.3 Å². The average Bonchev–Trinajstić information content (AvgIpc) is 2.37. The number of allylic oxidation sites excluding steroid dienone is 1. The fraction of sp³-hybridized carbons (Fsp3) is 0.333. The highest BCUT2D eigenvalue weighted by Crippen LogP contribution is 2.31. The van der Waals surface area contributed by atoms with Crippen LogP contribution in [0, 0.1) is 11.8 Å². The molecular weight excluding hydrogens is 267 g/mol. The molecule has 1 aromatic carbocycles. The van der Waals surface area contributed by atoms with E-state index >= 15 is 0 Å². The summed E-state index contributed by atoms with van der Waals surface area (Å²) in [5, 5.41) is 9.80. The predicted molar refractivity (Wildman–Crippen MR) is 70.2 cm³/mol. The number of aliphatic hydroxyl groups excluding tert-OH is 1. The van der Waals surface area contributed by atoms with Gasteiger partial charge in [0.1, 0.15) is 6.23 Å². The van der Waals surface area contributed by atoms with Gasteiger partial charge in [-0.25, -0.2) is 0 Å². The molecule has 0 fully saturated rings. The van der Waals surface area contributed by atoms with Gasteiger partial charge in [-0.2, -0.15) is 13.2 Å². The van der Waals surface area contributed by atoms with E-state index in [2.05, 4.69) is 11.8 Å². The Bertz CT molecular complexity index is 576. The molecule has 1 aromatic rings. The normalized spacial score (nSPS) is 20.0. The molecule has 0 saturated carbocycles. The van der Waals surface area contributed by atoms with Crippen molar-refractivity contribution in [3.63, 3.8) is 0 Å². The van der Waals surface area contributed by atoms with Gasteiger partial charge in [-0.3, -0.25) is 0 Å². The van der Waals surface area contributed by atoms with Crippen molar-refractivity contribution in [2.24, 2.45) is 0 Å². The molecule has 5 heteroatoms. The summed E-state index contributed by atoms with van der Waals surface area (Å²) in [5.41, 5.74) is 0.528. The predicted octanol–water partition coefficient (Wildman–Crippen LogP) is 3.09. The van der Waals surface area contributed by atoms with E-state index in [4.69, 9.17) is 0 Å². The van der Waals surface area contributed by atoms with Crippen molar-refractivity contribution >= 4 is 5.70 Å². The number of halogens is 3. The van der Waals surface area contributed by atoms with Crippen molar-refractivity contribution in [3.8, 4) is 11.8 Å². The highest BCUT2D eigenvalue weighted by atomic mass is 19.4. The molecular formula is C15H14F3NO. The van der Waals surface area contributed by atoms with E-state index in [0.29, 0.717) is 11.3 Å². The molecule has 0 aromatic heterocycles. The molecule has 2 unspecified atom stereocenters. The summed E-state index contributed by atoms with van der Waals surface area (Å²) < 4.78 is 37.6. The molecule has 1 heterocycles. The SMILES string of the molecule is CC(O)N1C(c2ccc(C(F)(F)F)cc2)=CC#CC1C. The van der Waals surface area contributed by atoms with Gasteiger partial charge in [0.25, 0.3) is 0 Å². The summed E-state index contributed by atoms with van der Waals surface area (Å²) in [6, 6.07) is 4.65. The Balaban J connectivity index is 2.36. The minimum atomic E-state index is -4.35. The Kier molecular flexibility index (Phi) is 3.78. The zero-order valence-corrected chi connectivity index (χ0v) is 11.1. The van der Waals surface area contributed by atoms with Crippen LogP contribution in [0.4, 0.5) is 13.2 Å².